The Kier molecular flexibility index (Phi) is 6.01. The average molecular weight is 353 g/mol. The maximum absolute atomic E-state index is 12.8. The molecule has 1 N–H and O–H groups in total. The zero-order valence-electron chi connectivity index (χ0n) is 14.8. The molecule has 0 aromatic heterocycles. The highest BCUT2D eigenvalue weighted by molar-refractivity contribution is 7.89. The molecule has 24 heavy (non-hydrogen) atoms. The van der Waals surface area contributed by atoms with Gasteiger partial charge in [0.2, 0.25) is 10.0 Å². The molecule has 1 atom stereocenters. The van der Waals surface area contributed by atoms with Crippen molar-refractivity contribution in [2.24, 2.45) is 5.92 Å². The molecule has 1 saturated heterocycles. The summed E-state index contributed by atoms with van der Waals surface area (Å²) >= 11 is 0. The van der Waals surface area contributed by atoms with Crippen molar-refractivity contribution in [1.29, 1.82) is 0 Å². The maximum Gasteiger partial charge on any atom is 0.251 e. The van der Waals surface area contributed by atoms with E-state index in [1.54, 1.807) is 18.2 Å². The van der Waals surface area contributed by atoms with Gasteiger partial charge in [-0.25, -0.2) is 8.42 Å². The Morgan fingerprint density at radius 2 is 1.75 bits per heavy atom. The van der Waals surface area contributed by atoms with Crippen LogP contribution in [0.4, 0.5) is 0 Å². The predicted octanol–water partition coefficient (Wildman–Crippen LogP) is 1.40. The summed E-state index contributed by atoms with van der Waals surface area (Å²) in [6.45, 7) is 8.36. The Bertz CT molecular complexity index is 680. The van der Waals surface area contributed by atoms with Gasteiger partial charge < -0.3 is 10.2 Å². The Balaban J connectivity index is 2.19. The number of nitrogens with zero attached hydrogens (tertiary/aromatic N) is 2. The van der Waals surface area contributed by atoms with Gasteiger partial charge in [-0.15, -0.1) is 0 Å². The van der Waals surface area contributed by atoms with Crippen LogP contribution in [0.5, 0.6) is 0 Å². The van der Waals surface area contributed by atoms with E-state index >= 15 is 0 Å². The number of sulfonamides is 1. The van der Waals surface area contributed by atoms with Crippen LogP contribution in [-0.2, 0) is 10.0 Å². The third-order valence-corrected chi connectivity index (χ3v) is 6.45. The van der Waals surface area contributed by atoms with E-state index in [1.165, 1.54) is 10.4 Å². The summed E-state index contributed by atoms with van der Waals surface area (Å²) in [7, 11) is -1.58. The predicted molar refractivity (Wildman–Crippen MR) is 94.5 cm³/mol. The van der Waals surface area contributed by atoms with Crippen LogP contribution in [0.3, 0.4) is 0 Å². The summed E-state index contributed by atoms with van der Waals surface area (Å²) in [6, 6.07) is 6.31. The quantitative estimate of drug-likeness (QED) is 0.869. The number of likely N-dealkylation sites (N-methyl/N-ethyl adjacent to an activating group) is 1. The molecule has 1 aliphatic rings. The molecule has 1 heterocycles. The minimum atomic E-state index is -3.56. The van der Waals surface area contributed by atoms with Gasteiger partial charge in [0.1, 0.15) is 0 Å². The lowest BCUT2D eigenvalue weighted by Crippen LogP contribution is -2.47. The van der Waals surface area contributed by atoms with Gasteiger partial charge >= 0.3 is 0 Å². The summed E-state index contributed by atoms with van der Waals surface area (Å²) in [5, 5.41) is 2.91. The minimum absolute atomic E-state index is 0.0235. The highest BCUT2D eigenvalue weighted by Gasteiger charge is 2.28. The lowest BCUT2D eigenvalue weighted by Gasteiger charge is -2.31. The second-order valence-corrected chi connectivity index (χ2v) is 8.68. The number of carbonyl (C=O) groups is 1. The van der Waals surface area contributed by atoms with E-state index in [-0.39, 0.29) is 16.8 Å². The topological polar surface area (TPSA) is 69.7 Å². The maximum atomic E-state index is 12.8. The van der Waals surface area contributed by atoms with Gasteiger partial charge in [0, 0.05) is 37.8 Å². The van der Waals surface area contributed by atoms with E-state index in [4.69, 9.17) is 0 Å². The van der Waals surface area contributed by atoms with Crippen molar-refractivity contribution in [2.45, 2.75) is 31.7 Å². The molecule has 0 saturated carbocycles. The first-order valence-electron chi connectivity index (χ1n) is 8.31. The van der Waals surface area contributed by atoms with Crippen molar-refractivity contribution in [2.75, 3.05) is 33.2 Å². The van der Waals surface area contributed by atoms with Crippen molar-refractivity contribution in [3.63, 3.8) is 0 Å². The van der Waals surface area contributed by atoms with Crippen LogP contribution in [0.25, 0.3) is 0 Å². The van der Waals surface area contributed by atoms with Gasteiger partial charge in [-0.3, -0.25) is 4.79 Å². The van der Waals surface area contributed by atoms with Gasteiger partial charge in [0.05, 0.1) is 4.90 Å². The molecule has 1 aromatic carbocycles. The molecule has 0 radical (unpaired) electrons. The molecule has 0 bridgehead atoms. The van der Waals surface area contributed by atoms with E-state index in [9.17, 15) is 13.2 Å². The Morgan fingerprint density at radius 1 is 1.12 bits per heavy atom. The number of hydrogen-bond acceptors (Lipinski definition) is 4. The van der Waals surface area contributed by atoms with Crippen LogP contribution in [0, 0.1) is 5.92 Å². The van der Waals surface area contributed by atoms with Crippen LogP contribution < -0.4 is 5.32 Å². The number of hydrogen-bond donors (Lipinski definition) is 1. The number of amides is 1. The van der Waals surface area contributed by atoms with E-state index in [0.29, 0.717) is 37.7 Å². The van der Waals surface area contributed by atoms with Gasteiger partial charge in [0.25, 0.3) is 5.91 Å². The first kappa shape index (κ1) is 18.9. The van der Waals surface area contributed by atoms with Gasteiger partial charge in [-0.05, 0) is 38.1 Å². The molecule has 0 spiro atoms. The van der Waals surface area contributed by atoms with Crippen LogP contribution in [0.2, 0.25) is 0 Å². The third-order valence-electron chi connectivity index (χ3n) is 4.56. The second kappa shape index (κ2) is 7.63. The van der Waals surface area contributed by atoms with Crippen molar-refractivity contribution in [3.8, 4) is 0 Å². The van der Waals surface area contributed by atoms with Crippen LogP contribution in [0.15, 0.2) is 29.2 Å². The molecule has 1 amide bonds. The molecule has 7 heteroatoms. The van der Waals surface area contributed by atoms with Crippen molar-refractivity contribution < 1.29 is 13.2 Å². The lowest BCUT2D eigenvalue weighted by molar-refractivity contribution is 0.0930. The number of rotatable bonds is 5. The molecule has 134 valence electrons. The minimum Gasteiger partial charge on any atom is -0.349 e. The molecule has 6 nitrogen and oxygen atoms in total. The lowest BCUT2D eigenvalue weighted by atomic mass is 10.1. The van der Waals surface area contributed by atoms with Crippen LogP contribution >= 0.6 is 0 Å². The summed E-state index contributed by atoms with van der Waals surface area (Å²) < 4.78 is 27.0. The standard InChI is InChI=1S/C17H27N3O3S/c1-13(2)14(3)18-17(21)15-6-5-7-16(12-15)24(22,23)20-10-8-19(4)9-11-20/h5-7,12-14H,8-11H2,1-4H3,(H,18,21)/t14-/m1/s1. The fraction of sp³-hybridized carbons (Fsp3) is 0.588. The third kappa shape index (κ3) is 4.34. The first-order chi connectivity index (χ1) is 11.2. The molecular formula is C17H27N3O3S. The summed E-state index contributed by atoms with van der Waals surface area (Å²) in [6.07, 6.45) is 0. The molecule has 1 aliphatic heterocycles. The normalized spacial score (nSPS) is 18.5. The van der Waals surface area contributed by atoms with Crippen molar-refractivity contribution in [3.05, 3.63) is 29.8 Å². The van der Waals surface area contributed by atoms with Crippen LogP contribution in [-0.4, -0.2) is 62.8 Å². The van der Waals surface area contributed by atoms with Crippen molar-refractivity contribution >= 4 is 15.9 Å². The fourth-order valence-electron chi connectivity index (χ4n) is 2.43. The monoisotopic (exact) mass is 353 g/mol. The number of piperazine rings is 1. The highest BCUT2D eigenvalue weighted by atomic mass is 32.2. The molecule has 1 aromatic rings. The SMILES string of the molecule is CC(C)[C@@H](C)NC(=O)c1cccc(S(=O)(=O)N2CCN(C)CC2)c1. The van der Waals surface area contributed by atoms with E-state index < -0.39 is 10.0 Å². The van der Waals surface area contributed by atoms with E-state index in [1.807, 2.05) is 27.8 Å². The number of benzene rings is 1. The molecular weight excluding hydrogens is 326 g/mol. The Hall–Kier alpha value is -1.44. The Labute approximate surface area is 144 Å². The first-order valence-corrected chi connectivity index (χ1v) is 9.75. The smallest absolute Gasteiger partial charge is 0.251 e. The van der Waals surface area contributed by atoms with Crippen molar-refractivity contribution in [1.82, 2.24) is 14.5 Å². The number of carbonyl (C=O) groups excluding carboxylic acids is 1. The van der Waals surface area contributed by atoms with Gasteiger partial charge in [-0.1, -0.05) is 19.9 Å². The van der Waals surface area contributed by atoms with E-state index in [0.717, 1.165) is 0 Å². The highest BCUT2D eigenvalue weighted by Crippen LogP contribution is 2.19. The summed E-state index contributed by atoms with van der Waals surface area (Å²) in [4.78, 5) is 14.6. The second-order valence-electron chi connectivity index (χ2n) is 6.74. The van der Waals surface area contributed by atoms with Gasteiger partial charge in [-0.2, -0.15) is 4.31 Å². The zero-order chi connectivity index (χ0) is 17.9. The summed E-state index contributed by atoms with van der Waals surface area (Å²) in [5.74, 6) is 0.0674. The van der Waals surface area contributed by atoms with Gasteiger partial charge in [0.15, 0.2) is 0 Å². The van der Waals surface area contributed by atoms with Crippen LogP contribution in [0.1, 0.15) is 31.1 Å². The number of nitrogens with one attached hydrogen (secondary N) is 1. The summed E-state index contributed by atoms with van der Waals surface area (Å²) in [5.41, 5.74) is 0.373. The molecule has 1 fully saturated rings. The average Bonchev–Trinajstić information content (AvgIpc) is 2.55. The zero-order valence-corrected chi connectivity index (χ0v) is 15.6. The Morgan fingerprint density at radius 3 is 2.33 bits per heavy atom. The molecule has 0 unspecified atom stereocenters. The molecule has 2 rings (SSSR count). The molecule has 0 aliphatic carbocycles. The fourth-order valence-corrected chi connectivity index (χ4v) is 3.90. The van der Waals surface area contributed by atoms with E-state index in [2.05, 4.69) is 10.2 Å². The largest absolute Gasteiger partial charge is 0.349 e.